The number of nitrogens with zero attached hydrogens (tertiary/aromatic N) is 4. The van der Waals surface area contributed by atoms with Crippen molar-refractivity contribution in [3.63, 3.8) is 0 Å². The molecule has 1 aliphatic carbocycles. The van der Waals surface area contributed by atoms with Crippen LogP contribution in [0.5, 0.6) is 5.88 Å². The molecule has 2 aromatic rings. The van der Waals surface area contributed by atoms with E-state index in [9.17, 15) is 4.79 Å². The maximum Gasteiger partial charge on any atom is 0.229 e. The Kier molecular flexibility index (Phi) is 5.57. The smallest absolute Gasteiger partial charge is 0.229 e. The Hall–Kier alpha value is -2.41. The summed E-state index contributed by atoms with van der Waals surface area (Å²) in [7, 11) is 4.05. The molecule has 7 heteroatoms. The minimum Gasteiger partial charge on any atom is -0.476 e. The van der Waals surface area contributed by atoms with E-state index in [0.29, 0.717) is 18.4 Å². The van der Waals surface area contributed by atoms with Gasteiger partial charge in [0.15, 0.2) is 0 Å². The Labute approximate surface area is 178 Å². The number of aromatic nitrogens is 3. The van der Waals surface area contributed by atoms with Gasteiger partial charge in [0, 0.05) is 49.6 Å². The summed E-state index contributed by atoms with van der Waals surface area (Å²) in [4.78, 5) is 19.9. The van der Waals surface area contributed by atoms with Gasteiger partial charge < -0.3 is 15.0 Å². The largest absolute Gasteiger partial charge is 0.476 e. The molecule has 1 aliphatic heterocycles. The van der Waals surface area contributed by atoms with Crippen molar-refractivity contribution in [1.29, 1.82) is 0 Å². The van der Waals surface area contributed by atoms with E-state index in [-0.39, 0.29) is 17.9 Å². The summed E-state index contributed by atoms with van der Waals surface area (Å²) in [5.41, 5.74) is 2.87. The van der Waals surface area contributed by atoms with Crippen LogP contribution in [0.2, 0.25) is 0 Å². The van der Waals surface area contributed by atoms with Crippen molar-refractivity contribution in [1.82, 2.24) is 25.0 Å². The fraction of sp³-hybridized carbons (Fsp3) is 0.609. The highest BCUT2D eigenvalue weighted by molar-refractivity contribution is 5.82. The third kappa shape index (κ3) is 4.21. The summed E-state index contributed by atoms with van der Waals surface area (Å²) in [5.74, 6) is 1.48. The fourth-order valence-corrected chi connectivity index (χ4v) is 4.25. The number of carbonyl (C=O) groups is 1. The molecule has 3 heterocycles. The Balaban J connectivity index is 1.42. The number of carbonyl (C=O) groups excluding carboxylic acids is 1. The zero-order chi connectivity index (χ0) is 21.5. The molecular formula is C23H33N5O2. The molecule has 0 aromatic carbocycles. The molecule has 1 amide bonds. The van der Waals surface area contributed by atoms with Gasteiger partial charge >= 0.3 is 0 Å². The van der Waals surface area contributed by atoms with E-state index < -0.39 is 5.41 Å². The van der Waals surface area contributed by atoms with Crippen LogP contribution in [0.3, 0.4) is 0 Å². The van der Waals surface area contributed by atoms with E-state index in [2.05, 4.69) is 40.3 Å². The van der Waals surface area contributed by atoms with Gasteiger partial charge in [0.25, 0.3) is 0 Å². The molecule has 1 saturated carbocycles. The summed E-state index contributed by atoms with van der Waals surface area (Å²) in [6.45, 7) is 7.99. The van der Waals surface area contributed by atoms with Gasteiger partial charge in [-0.2, -0.15) is 5.10 Å². The van der Waals surface area contributed by atoms with Crippen LogP contribution >= 0.6 is 0 Å². The molecule has 2 aliphatic rings. The zero-order valence-electron chi connectivity index (χ0n) is 18.7. The average Bonchev–Trinajstić information content (AvgIpc) is 3.42. The van der Waals surface area contributed by atoms with Gasteiger partial charge in [-0.3, -0.25) is 9.48 Å². The number of hydrogen-bond acceptors (Lipinski definition) is 5. The first-order chi connectivity index (χ1) is 14.3. The molecule has 4 rings (SSSR count). The van der Waals surface area contributed by atoms with E-state index in [1.165, 1.54) is 24.0 Å². The summed E-state index contributed by atoms with van der Waals surface area (Å²) < 4.78 is 7.95. The number of pyridine rings is 1. The predicted octanol–water partition coefficient (Wildman–Crippen LogP) is 2.62. The first kappa shape index (κ1) is 20.8. The highest BCUT2D eigenvalue weighted by Crippen LogP contribution is 2.43. The van der Waals surface area contributed by atoms with Gasteiger partial charge in [-0.05, 0) is 58.2 Å². The van der Waals surface area contributed by atoms with Crippen LogP contribution in [0.15, 0.2) is 24.5 Å². The normalized spacial score (nSPS) is 22.3. The lowest BCUT2D eigenvalue weighted by atomic mass is 9.90. The lowest BCUT2D eigenvalue weighted by molar-refractivity contribution is -0.131. The van der Waals surface area contributed by atoms with Crippen molar-refractivity contribution < 1.29 is 9.53 Å². The number of nitrogens with one attached hydrogen (secondary N) is 1. The zero-order valence-corrected chi connectivity index (χ0v) is 18.7. The van der Waals surface area contributed by atoms with Crippen molar-refractivity contribution in [2.24, 2.45) is 12.5 Å². The van der Waals surface area contributed by atoms with Gasteiger partial charge in [0.05, 0.1) is 11.6 Å². The first-order valence-electron chi connectivity index (χ1n) is 10.8. The second kappa shape index (κ2) is 8.02. The Morgan fingerprint density at radius 1 is 1.27 bits per heavy atom. The lowest BCUT2D eigenvalue weighted by Crippen LogP contribution is -2.48. The molecule has 1 N–H and O–H groups in total. The van der Waals surface area contributed by atoms with E-state index >= 15 is 0 Å². The Morgan fingerprint density at radius 3 is 2.70 bits per heavy atom. The number of amides is 1. The standard InChI is InChI=1S/C23H33N5O2/c1-15-18(11-25-28(15)5)19-12-27(4)13-20(19)26-22(29)23(2,3)14-30-21-17(16-8-9-16)7-6-10-24-21/h6-7,10-11,16,19-20H,8-9,12-14H2,1-5H3,(H,26,29)/t19-,20+/m1/s1. The molecule has 0 spiro atoms. The van der Waals surface area contributed by atoms with Gasteiger partial charge in [-0.15, -0.1) is 0 Å². The fourth-order valence-electron chi connectivity index (χ4n) is 4.25. The van der Waals surface area contributed by atoms with Gasteiger partial charge in [-0.1, -0.05) is 6.07 Å². The van der Waals surface area contributed by atoms with Crippen LogP contribution in [0.25, 0.3) is 0 Å². The monoisotopic (exact) mass is 411 g/mol. The summed E-state index contributed by atoms with van der Waals surface area (Å²) in [6, 6.07) is 4.10. The molecular weight excluding hydrogens is 378 g/mol. The molecule has 162 valence electrons. The summed E-state index contributed by atoms with van der Waals surface area (Å²) >= 11 is 0. The second-order valence-corrected chi connectivity index (χ2v) is 9.56. The molecule has 7 nitrogen and oxygen atoms in total. The summed E-state index contributed by atoms with van der Waals surface area (Å²) in [6.07, 6.45) is 6.07. The molecule has 0 bridgehead atoms. The van der Waals surface area contributed by atoms with Crippen LogP contribution < -0.4 is 10.1 Å². The first-order valence-corrected chi connectivity index (χ1v) is 10.8. The quantitative estimate of drug-likeness (QED) is 0.758. The van der Waals surface area contributed by atoms with Gasteiger partial charge in [0.2, 0.25) is 11.8 Å². The molecule has 2 aromatic heterocycles. The Morgan fingerprint density at radius 2 is 2.03 bits per heavy atom. The molecule has 0 radical (unpaired) electrons. The van der Waals surface area contributed by atoms with Crippen molar-refractivity contribution in [2.45, 2.75) is 51.5 Å². The van der Waals surface area contributed by atoms with Crippen LogP contribution in [-0.4, -0.2) is 58.4 Å². The highest BCUT2D eigenvalue weighted by Gasteiger charge is 2.38. The van der Waals surface area contributed by atoms with Crippen LogP contribution in [0.1, 0.15) is 55.3 Å². The predicted molar refractivity (Wildman–Crippen MR) is 116 cm³/mol. The number of ether oxygens (including phenoxy) is 1. The van der Waals surface area contributed by atoms with Crippen molar-refractivity contribution in [3.05, 3.63) is 41.3 Å². The number of rotatable bonds is 7. The van der Waals surface area contributed by atoms with Gasteiger partial charge in [-0.25, -0.2) is 4.98 Å². The Bertz CT molecular complexity index is 918. The van der Waals surface area contributed by atoms with E-state index in [1.807, 2.05) is 37.8 Å². The second-order valence-electron chi connectivity index (χ2n) is 9.56. The SMILES string of the molecule is Cc1c([C@H]2CN(C)C[C@@H]2NC(=O)C(C)(C)COc2ncccc2C2CC2)cnn1C. The van der Waals surface area contributed by atoms with Crippen LogP contribution in [-0.2, 0) is 11.8 Å². The molecule has 30 heavy (non-hydrogen) atoms. The highest BCUT2D eigenvalue weighted by atomic mass is 16.5. The lowest BCUT2D eigenvalue weighted by Gasteiger charge is -2.28. The average molecular weight is 412 g/mol. The summed E-state index contributed by atoms with van der Waals surface area (Å²) in [5, 5.41) is 7.70. The maximum atomic E-state index is 13.2. The minimum atomic E-state index is -0.659. The van der Waals surface area contributed by atoms with Crippen molar-refractivity contribution in [3.8, 4) is 5.88 Å². The maximum absolute atomic E-state index is 13.2. The van der Waals surface area contributed by atoms with E-state index in [4.69, 9.17) is 4.74 Å². The number of aryl methyl sites for hydroxylation is 1. The number of likely N-dealkylation sites (tertiary alicyclic amines) is 1. The van der Waals surface area contributed by atoms with Crippen LogP contribution in [0, 0.1) is 12.3 Å². The number of likely N-dealkylation sites (N-methyl/N-ethyl adjacent to an activating group) is 1. The van der Waals surface area contributed by atoms with Crippen molar-refractivity contribution >= 4 is 5.91 Å². The van der Waals surface area contributed by atoms with Gasteiger partial charge in [0.1, 0.15) is 6.61 Å². The third-order valence-electron chi connectivity index (χ3n) is 6.49. The molecule has 0 unspecified atom stereocenters. The molecule has 2 fully saturated rings. The van der Waals surface area contributed by atoms with E-state index in [1.54, 1.807) is 6.20 Å². The third-order valence-corrected chi connectivity index (χ3v) is 6.49. The topological polar surface area (TPSA) is 72.3 Å². The molecule has 2 atom stereocenters. The molecule has 1 saturated heterocycles. The van der Waals surface area contributed by atoms with Crippen molar-refractivity contribution in [2.75, 3.05) is 26.7 Å². The van der Waals surface area contributed by atoms with Crippen LogP contribution in [0.4, 0.5) is 0 Å². The number of hydrogen-bond donors (Lipinski definition) is 1. The van der Waals surface area contributed by atoms with E-state index in [0.717, 1.165) is 18.8 Å². The minimum absolute atomic E-state index is 0.0123.